The van der Waals surface area contributed by atoms with Gasteiger partial charge in [-0.2, -0.15) is 0 Å². The summed E-state index contributed by atoms with van der Waals surface area (Å²) >= 11 is 1.58. The molecular weight excluding hydrogens is 560 g/mol. The Labute approximate surface area is 258 Å². The van der Waals surface area contributed by atoms with Gasteiger partial charge in [0.15, 0.2) is 0 Å². The number of aryl methyl sites for hydroxylation is 1. The van der Waals surface area contributed by atoms with Crippen LogP contribution < -0.4 is 23.7 Å². The Bertz CT molecular complexity index is 1530. The number of likely N-dealkylation sites (N-methyl/N-ethyl adjacent to an activating group) is 1. The minimum atomic E-state index is -0.163. The Kier molecular flexibility index (Phi) is 10.3. The number of nitrogens with one attached hydrogen (secondary N) is 1. The van der Waals surface area contributed by atoms with Crippen LogP contribution in [0.25, 0.3) is 11.1 Å². The maximum atomic E-state index is 11.5. The van der Waals surface area contributed by atoms with Gasteiger partial charge in [-0.15, -0.1) is 0 Å². The predicted octanol–water partition coefficient (Wildman–Crippen LogP) is 6.84. The molecule has 1 N–H and O–H groups in total. The summed E-state index contributed by atoms with van der Waals surface area (Å²) in [5.74, 6) is 2.67. The molecule has 7 nitrogen and oxygen atoms in total. The summed E-state index contributed by atoms with van der Waals surface area (Å²) in [5.41, 5.74) is 6.78. The lowest BCUT2D eigenvalue weighted by Crippen LogP contribution is -2.26. The molecule has 43 heavy (non-hydrogen) atoms. The fourth-order valence-corrected chi connectivity index (χ4v) is 5.87. The molecule has 0 aliphatic carbocycles. The van der Waals surface area contributed by atoms with Gasteiger partial charge in [-0.1, -0.05) is 48.5 Å². The minimum absolute atomic E-state index is 0.163. The molecule has 1 heterocycles. The van der Waals surface area contributed by atoms with Gasteiger partial charge in [0, 0.05) is 36.7 Å². The maximum Gasteiger partial charge on any atom is 0.311 e. The number of hydrogen-bond acceptors (Lipinski definition) is 8. The molecule has 4 aromatic carbocycles. The Hall–Kier alpha value is -3.98. The van der Waals surface area contributed by atoms with Gasteiger partial charge >= 0.3 is 5.97 Å². The van der Waals surface area contributed by atoms with Crippen LogP contribution in [-0.2, 0) is 24.4 Å². The van der Waals surface area contributed by atoms with Gasteiger partial charge in [-0.25, -0.2) is 0 Å². The molecule has 1 aliphatic heterocycles. The highest BCUT2D eigenvalue weighted by Crippen LogP contribution is 2.36. The zero-order valence-corrected chi connectivity index (χ0v) is 26.0. The fourth-order valence-electron chi connectivity index (χ4n) is 5.18. The highest BCUT2D eigenvalue weighted by Gasteiger charge is 2.18. The molecule has 0 bridgehead atoms. The maximum absolute atomic E-state index is 11.5. The van der Waals surface area contributed by atoms with Gasteiger partial charge in [-0.05, 0) is 78.4 Å². The normalized spacial score (nSPS) is 12.5. The van der Waals surface area contributed by atoms with Crippen LogP contribution in [0.3, 0.4) is 0 Å². The number of esters is 1. The topological polar surface area (TPSA) is 69.3 Å². The van der Waals surface area contributed by atoms with Crippen molar-refractivity contribution in [3.63, 3.8) is 0 Å². The summed E-state index contributed by atoms with van der Waals surface area (Å²) in [5, 5.41) is 0. The van der Waals surface area contributed by atoms with Crippen LogP contribution >= 0.6 is 11.9 Å². The quantitative estimate of drug-likeness (QED) is 0.0777. The second-order valence-corrected chi connectivity index (χ2v) is 11.5. The molecule has 0 saturated carbocycles. The van der Waals surface area contributed by atoms with Gasteiger partial charge < -0.3 is 23.8 Å². The van der Waals surface area contributed by atoms with Crippen LogP contribution in [0, 0.1) is 6.92 Å². The summed E-state index contributed by atoms with van der Waals surface area (Å²) in [6, 6.07) is 26.5. The molecule has 0 aromatic heterocycles. The van der Waals surface area contributed by atoms with E-state index in [1.165, 1.54) is 16.7 Å². The minimum Gasteiger partial charge on any atom is -0.496 e. The van der Waals surface area contributed by atoms with E-state index in [-0.39, 0.29) is 5.97 Å². The molecule has 0 spiro atoms. The molecule has 0 amide bonds. The number of nitrogens with zero attached hydrogens (tertiary/aromatic N) is 1. The predicted molar refractivity (Wildman–Crippen MR) is 171 cm³/mol. The van der Waals surface area contributed by atoms with E-state index in [9.17, 15) is 4.79 Å². The van der Waals surface area contributed by atoms with Gasteiger partial charge in [0.05, 0.1) is 26.2 Å². The molecule has 224 valence electrons. The van der Waals surface area contributed by atoms with Crippen molar-refractivity contribution in [2.45, 2.75) is 37.8 Å². The zero-order valence-electron chi connectivity index (χ0n) is 25.1. The van der Waals surface area contributed by atoms with Crippen molar-refractivity contribution in [2.75, 3.05) is 34.4 Å². The van der Waals surface area contributed by atoms with Crippen molar-refractivity contribution < 1.29 is 23.7 Å². The second-order valence-electron chi connectivity index (χ2n) is 10.5. The number of ether oxygens (including phenoxy) is 4. The van der Waals surface area contributed by atoms with Crippen molar-refractivity contribution in [3.8, 4) is 34.1 Å². The monoisotopic (exact) mass is 598 g/mol. The third-order valence-corrected chi connectivity index (χ3v) is 8.41. The molecule has 5 rings (SSSR count). The third kappa shape index (κ3) is 7.70. The lowest BCUT2D eigenvalue weighted by atomic mass is 9.97. The summed E-state index contributed by atoms with van der Waals surface area (Å²) in [6.45, 7) is 4.83. The molecule has 0 fully saturated rings. The number of rotatable bonds is 13. The number of hydrogen-bond donors (Lipinski definition) is 1. The van der Waals surface area contributed by atoms with E-state index >= 15 is 0 Å². The van der Waals surface area contributed by atoms with Crippen LogP contribution in [0.4, 0.5) is 0 Å². The number of fused-ring (bicyclic) bond motifs is 1. The Morgan fingerprint density at radius 1 is 0.930 bits per heavy atom. The van der Waals surface area contributed by atoms with E-state index in [0.29, 0.717) is 31.1 Å². The third-order valence-electron chi connectivity index (χ3n) is 7.57. The molecule has 4 aromatic rings. The Morgan fingerprint density at radius 2 is 1.70 bits per heavy atom. The van der Waals surface area contributed by atoms with Crippen molar-refractivity contribution in [1.82, 2.24) is 9.62 Å². The first-order valence-electron chi connectivity index (χ1n) is 14.4. The fraction of sp³-hybridized carbons (Fsp3) is 0.286. The van der Waals surface area contributed by atoms with E-state index < -0.39 is 0 Å². The number of methoxy groups -OCH3 is 2. The number of carbonyl (C=O) groups excluding carboxylic acids is 1. The smallest absolute Gasteiger partial charge is 0.311 e. The molecular formula is C35H38N2O5S. The van der Waals surface area contributed by atoms with Crippen molar-refractivity contribution in [1.29, 1.82) is 0 Å². The summed E-state index contributed by atoms with van der Waals surface area (Å²) in [4.78, 5) is 14.8. The summed E-state index contributed by atoms with van der Waals surface area (Å²) < 4.78 is 26.6. The average Bonchev–Trinajstić information content (AvgIpc) is 3.03. The standard InChI is InChI=1S/C35H38N2O5S/c1-24-27(11-8-12-30(24)25-9-6-5-7-10-25)23-41-28-20-33(39-3)31(34(21-28)40-4)22-37(2)18-17-36-43-29-14-15-32-26(19-29)13-16-35(38)42-32/h5-12,14-15,19-21,36H,13,16-18,22-23H2,1-4H3. The first-order chi connectivity index (χ1) is 20.9. The highest BCUT2D eigenvalue weighted by molar-refractivity contribution is 7.97. The molecule has 0 radical (unpaired) electrons. The first kappa shape index (κ1) is 30.5. The lowest BCUT2D eigenvalue weighted by Gasteiger charge is -2.22. The molecule has 0 unspecified atom stereocenters. The molecule has 0 saturated heterocycles. The van der Waals surface area contributed by atoms with E-state index in [1.54, 1.807) is 26.2 Å². The van der Waals surface area contributed by atoms with Gasteiger partial charge in [0.2, 0.25) is 0 Å². The first-order valence-corrected chi connectivity index (χ1v) is 15.2. The van der Waals surface area contributed by atoms with Crippen LogP contribution in [0.1, 0.15) is 28.7 Å². The lowest BCUT2D eigenvalue weighted by molar-refractivity contribution is -0.135. The molecule has 0 atom stereocenters. The Balaban J connectivity index is 1.17. The van der Waals surface area contributed by atoms with E-state index in [1.807, 2.05) is 30.3 Å². The van der Waals surface area contributed by atoms with Gasteiger partial charge in [0.25, 0.3) is 0 Å². The highest BCUT2D eigenvalue weighted by atomic mass is 32.2. The van der Waals surface area contributed by atoms with Crippen LogP contribution in [0.5, 0.6) is 23.0 Å². The van der Waals surface area contributed by atoms with Gasteiger partial charge in [-0.3, -0.25) is 9.52 Å². The van der Waals surface area contributed by atoms with Crippen molar-refractivity contribution in [3.05, 3.63) is 101 Å². The summed E-state index contributed by atoms with van der Waals surface area (Å²) in [7, 11) is 5.42. The number of benzene rings is 4. The second kappa shape index (κ2) is 14.5. The van der Waals surface area contributed by atoms with Crippen molar-refractivity contribution in [2.24, 2.45) is 0 Å². The van der Waals surface area contributed by atoms with Crippen LogP contribution in [0.15, 0.2) is 83.8 Å². The zero-order chi connectivity index (χ0) is 30.2. The van der Waals surface area contributed by atoms with E-state index in [4.69, 9.17) is 18.9 Å². The average molecular weight is 599 g/mol. The SMILES string of the molecule is COc1cc(OCc2cccc(-c3ccccc3)c2C)cc(OC)c1CN(C)CCNSc1ccc2c(c1)CCC(=O)O2. The van der Waals surface area contributed by atoms with Crippen LogP contribution in [-0.4, -0.2) is 45.2 Å². The Morgan fingerprint density at radius 3 is 2.44 bits per heavy atom. The van der Waals surface area contributed by atoms with Crippen LogP contribution in [0.2, 0.25) is 0 Å². The summed E-state index contributed by atoms with van der Waals surface area (Å²) in [6.07, 6.45) is 1.15. The molecule has 1 aliphatic rings. The number of carbonyl (C=O) groups is 1. The molecule has 8 heteroatoms. The largest absolute Gasteiger partial charge is 0.496 e. The van der Waals surface area contributed by atoms with Crippen molar-refractivity contribution >= 4 is 17.9 Å². The van der Waals surface area contributed by atoms with E-state index in [2.05, 4.69) is 72.1 Å². The van der Waals surface area contributed by atoms with E-state index in [0.717, 1.165) is 52.6 Å². The van der Waals surface area contributed by atoms with Gasteiger partial charge in [0.1, 0.15) is 29.6 Å².